The lowest BCUT2D eigenvalue weighted by Gasteiger charge is -2.42. The third kappa shape index (κ3) is 2.88. The van der Waals surface area contributed by atoms with Crippen molar-refractivity contribution in [1.82, 2.24) is 9.46 Å². The topological polar surface area (TPSA) is 121 Å². The predicted octanol–water partition coefficient (Wildman–Crippen LogP) is 0.918. The van der Waals surface area contributed by atoms with Crippen LogP contribution in [0.3, 0.4) is 0 Å². The summed E-state index contributed by atoms with van der Waals surface area (Å²) in [7, 11) is -3.92. The van der Waals surface area contributed by atoms with Gasteiger partial charge in [-0.1, -0.05) is 18.5 Å². The number of aromatic nitrogens is 1. The first kappa shape index (κ1) is 17.9. The highest BCUT2D eigenvalue weighted by atomic mass is 32.2. The number of aliphatic carboxylic acids is 1. The molecule has 0 bridgehead atoms. The number of hydrogen-bond donors (Lipinski definition) is 2. The molecule has 0 aliphatic carbocycles. The maximum absolute atomic E-state index is 12.9. The molecule has 0 aromatic carbocycles. The summed E-state index contributed by atoms with van der Waals surface area (Å²) in [5.41, 5.74) is -1.25. The molecule has 1 aliphatic heterocycles. The number of carboxylic acids is 1. The summed E-state index contributed by atoms with van der Waals surface area (Å²) in [5.74, 6) is -1.00. The lowest BCUT2D eigenvalue weighted by Crippen LogP contribution is -2.57. The van der Waals surface area contributed by atoms with E-state index >= 15 is 0 Å². The summed E-state index contributed by atoms with van der Waals surface area (Å²) in [5, 5.41) is 23.5. The summed E-state index contributed by atoms with van der Waals surface area (Å²) in [6.45, 7) is 4.63. The van der Waals surface area contributed by atoms with E-state index in [1.54, 1.807) is 6.92 Å². The van der Waals surface area contributed by atoms with Crippen molar-refractivity contribution in [2.45, 2.75) is 51.0 Å². The highest BCUT2D eigenvalue weighted by molar-refractivity contribution is 7.89. The normalized spacial score (nSPS) is 26.3. The van der Waals surface area contributed by atoms with Gasteiger partial charge in [-0.05, 0) is 26.7 Å². The fraction of sp³-hybridized carbons (Fsp3) is 0.714. The molecule has 1 aliphatic rings. The Hall–Kier alpha value is -1.45. The number of rotatable bonds is 5. The Kier molecular flexibility index (Phi) is 4.84. The van der Waals surface area contributed by atoms with Gasteiger partial charge < -0.3 is 14.7 Å². The number of nitrogens with zero attached hydrogens (tertiary/aromatic N) is 2. The summed E-state index contributed by atoms with van der Waals surface area (Å²) >= 11 is 0. The van der Waals surface area contributed by atoms with E-state index in [2.05, 4.69) is 5.16 Å². The summed E-state index contributed by atoms with van der Waals surface area (Å²) in [4.78, 5) is 11.7. The van der Waals surface area contributed by atoms with Crippen molar-refractivity contribution < 1.29 is 27.9 Å². The molecule has 130 valence electrons. The molecule has 0 saturated carbocycles. The molecule has 0 spiro atoms. The molecular weight excluding hydrogens is 324 g/mol. The first-order chi connectivity index (χ1) is 10.7. The Bertz CT molecular complexity index is 679. The van der Waals surface area contributed by atoms with E-state index in [-0.39, 0.29) is 42.3 Å². The molecule has 23 heavy (non-hydrogen) atoms. The highest BCUT2D eigenvalue weighted by Crippen LogP contribution is 2.38. The zero-order valence-corrected chi connectivity index (χ0v) is 14.3. The van der Waals surface area contributed by atoms with Gasteiger partial charge in [0, 0.05) is 13.1 Å². The predicted molar refractivity (Wildman–Crippen MR) is 80.3 cm³/mol. The van der Waals surface area contributed by atoms with Crippen LogP contribution in [-0.2, 0) is 14.8 Å². The monoisotopic (exact) mass is 346 g/mol. The van der Waals surface area contributed by atoms with E-state index in [0.717, 1.165) is 4.31 Å². The van der Waals surface area contributed by atoms with Crippen LogP contribution in [0.15, 0.2) is 9.42 Å². The molecule has 0 amide bonds. The van der Waals surface area contributed by atoms with Crippen LogP contribution in [0.5, 0.6) is 0 Å². The van der Waals surface area contributed by atoms with Gasteiger partial charge in [0.05, 0.1) is 6.10 Å². The van der Waals surface area contributed by atoms with E-state index < -0.39 is 27.5 Å². The fourth-order valence-electron chi connectivity index (χ4n) is 3.23. The molecule has 1 aromatic rings. The second kappa shape index (κ2) is 6.21. The minimum Gasteiger partial charge on any atom is -0.481 e. The second-order valence-electron chi connectivity index (χ2n) is 6.01. The van der Waals surface area contributed by atoms with Crippen LogP contribution < -0.4 is 0 Å². The van der Waals surface area contributed by atoms with Crippen LogP contribution >= 0.6 is 0 Å². The quantitative estimate of drug-likeness (QED) is 0.813. The van der Waals surface area contributed by atoms with Gasteiger partial charge >= 0.3 is 5.97 Å². The van der Waals surface area contributed by atoms with Crippen molar-refractivity contribution in [2.24, 2.45) is 5.41 Å². The van der Waals surface area contributed by atoms with E-state index in [0.29, 0.717) is 6.42 Å². The molecule has 2 N–H and O–H groups in total. The number of carboxylic acid groups (broad SMARTS) is 1. The van der Waals surface area contributed by atoms with Crippen molar-refractivity contribution in [1.29, 1.82) is 0 Å². The average molecular weight is 346 g/mol. The summed E-state index contributed by atoms with van der Waals surface area (Å²) < 4.78 is 31.8. The number of piperidine rings is 1. The minimum atomic E-state index is -3.92. The molecule has 9 heteroatoms. The van der Waals surface area contributed by atoms with Gasteiger partial charge in [-0.3, -0.25) is 4.79 Å². The van der Waals surface area contributed by atoms with Crippen LogP contribution in [0.1, 0.15) is 37.6 Å². The lowest BCUT2D eigenvalue weighted by atomic mass is 9.74. The zero-order valence-electron chi connectivity index (χ0n) is 13.4. The van der Waals surface area contributed by atoms with Crippen molar-refractivity contribution in [2.75, 3.05) is 13.1 Å². The Morgan fingerprint density at radius 3 is 2.61 bits per heavy atom. The van der Waals surface area contributed by atoms with Crippen molar-refractivity contribution in [3.8, 4) is 0 Å². The third-order valence-electron chi connectivity index (χ3n) is 4.44. The van der Waals surface area contributed by atoms with Crippen molar-refractivity contribution in [3.63, 3.8) is 0 Å². The van der Waals surface area contributed by atoms with Gasteiger partial charge in [0.1, 0.15) is 16.0 Å². The number of sulfonamides is 1. The number of carbonyl (C=O) groups is 1. The molecule has 1 saturated heterocycles. The molecule has 2 atom stereocenters. The molecule has 8 nitrogen and oxygen atoms in total. The molecule has 0 radical (unpaired) electrons. The first-order valence-corrected chi connectivity index (χ1v) is 8.95. The second-order valence-corrected chi connectivity index (χ2v) is 7.88. The largest absolute Gasteiger partial charge is 0.481 e. The number of hydrogen-bond acceptors (Lipinski definition) is 6. The minimum absolute atomic E-state index is 0.0234. The zero-order chi connectivity index (χ0) is 17.4. The van der Waals surface area contributed by atoms with E-state index in [9.17, 15) is 23.4 Å². The molecule has 2 heterocycles. The van der Waals surface area contributed by atoms with Gasteiger partial charge in [-0.15, -0.1) is 0 Å². The summed E-state index contributed by atoms with van der Waals surface area (Å²) in [6, 6.07) is 0. The Morgan fingerprint density at radius 1 is 1.48 bits per heavy atom. The van der Waals surface area contributed by atoms with Gasteiger partial charge in [-0.2, -0.15) is 4.31 Å². The fourth-order valence-corrected chi connectivity index (χ4v) is 5.04. The Morgan fingerprint density at radius 2 is 2.13 bits per heavy atom. The molecule has 1 aromatic heterocycles. The Balaban J connectivity index is 2.43. The van der Waals surface area contributed by atoms with Gasteiger partial charge in [0.15, 0.2) is 5.76 Å². The standard InChI is InChI=1S/C14H22N2O6S/c1-4-6-14(13(18)19)8-16(7-5-11(14)17)23(20,21)12-9(2)15-22-10(12)3/h11,17H,4-8H2,1-3H3,(H,18,19)/t11-,14+/m1/s1. The Labute approximate surface area is 135 Å². The molecule has 2 rings (SSSR count). The van der Waals surface area contributed by atoms with E-state index in [4.69, 9.17) is 4.52 Å². The molecule has 1 fully saturated rings. The van der Waals surface area contributed by atoms with E-state index in [1.807, 2.05) is 0 Å². The van der Waals surface area contributed by atoms with Crippen molar-refractivity contribution in [3.05, 3.63) is 11.5 Å². The maximum atomic E-state index is 12.9. The van der Waals surface area contributed by atoms with Gasteiger partial charge in [0.2, 0.25) is 10.0 Å². The van der Waals surface area contributed by atoms with Crippen LogP contribution in [0, 0.1) is 19.3 Å². The van der Waals surface area contributed by atoms with Crippen LogP contribution in [-0.4, -0.2) is 53.3 Å². The number of aliphatic hydroxyl groups is 1. The third-order valence-corrected chi connectivity index (χ3v) is 6.53. The maximum Gasteiger partial charge on any atom is 0.313 e. The lowest BCUT2D eigenvalue weighted by molar-refractivity contribution is -0.161. The summed E-state index contributed by atoms with van der Waals surface area (Å²) in [6.07, 6.45) is -0.259. The van der Waals surface area contributed by atoms with Crippen LogP contribution in [0.4, 0.5) is 0 Å². The molecule has 0 unspecified atom stereocenters. The average Bonchev–Trinajstić information content (AvgIpc) is 2.80. The van der Waals surface area contributed by atoms with E-state index in [1.165, 1.54) is 13.8 Å². The highest BCUT2D eigenvalue weighted by Gasteiger charge is 2.51. The first-order valence-electron chi connectivity index (χ1n) is 7.51. The van der Waals surface area contributed by atoms with Gasteiger partial charge in [0.25, 0.3) is 0 Å². The number of aryl methyl sites for hydroxylation is 2. The van der Waals surface area contributed by atoms with Crippen molar-refractivity contribution >= 4 is 16.0 Å². The van der Waals surface area contributed by atoms with Crippen LogP contribution in [0.2, 0.25) is 0 Å². The smallest absolute Gasteiger partial charge is 0.313 e. The van der Waals surface area contributed by atoms with Crippen LogP contribution in [0.25, 0.3) is 0 Å². The SMILES string of the molecule is CCC[C@]1(C(=O)O)CN(S(=O)(=O)c2c(C)noc2C)CC[C@H]1O. The molecular formula is C14H22N2O6S. The number of aliphatic hydroxyl groups excluding tert-OH is 1. The van der Waals surface area contributed by atoms with Gasteiger partial charge in [-0.25, -0.2) is 8.42 Å².